The van der Waals surface area contributed by atoms with Crippen molar-refractivity contribution >= 4 is 39.3 Å². The number of Topliss-reactive ketones (excluding diaryl/α,β-unsaturated/α-hetero) is 1. The van der Waals surface area contributed by atoms with Gasteiger partial charge in [-0.25, -0.2) is 0 Å². The lowest BCUT2D eigenvalue weighted by Crippen LogP contribution is -2.15. The molecule has 3 nitrogen and oxygen atoms in total. The molecule has 0 aliphatic rings. The highest BCUT2D eigenvalue weighted by atomic mass is 127. The minimum absolute atomic E-state index is 0.127. The third kappa shape index (κ3) is 2.59. The number of carbonyl (C=O) groups excluding carboxylic acids is 1. The fourth-order valence-corrected chi connectivity index (χ4v) is 2.98. The van der Waals surface area contributed by atoms with Gasteiger partial charge in [-0.1, -0.05) is 12.1 Å². The zero-order chi connectivity index (χ0) is 13.3. The third-order valence-electron chi connectivity index (χ3n) is 3.06. The first-order valence-corrected chi connectivity index (χ1v) is 7.03. The van der Waals surface area contributed by atoms with Crippen molar-refractivity contribution in [2.24, 2.45) is 0 Å². The van der Waals surface area contributed by atoms with Gasteiger partial charge in [-0.2, -0.15) is 0 Å². The molecule has 1 aromatic carbocycles. The van der Waals surface area contributed by atoms with E-state index in [9.17, 15) is 4.79 Å². The van der Waals surface area contributed by atoms with Crippen LogP contribution in [0.5, 0.6) is 0 Å². The van der Waals surface area contributed by atoms with Crippen molar-refractivity contribution in [3.05, 3.63) is 33.0 Å². The number of hydrogen-bond acceptors (Lipinski definition) is 2. The van der Waals surface area contributed by atoms with Crippen LogP contribution in [0.4, 0.5) is 0 Å². The van der Waals surface area contributed by atoms with Gasteiger partial charge in [0.2, 0.25) is 0 Å². The Hall–Kier alpha value is -0.880. The monoisotopic (exact) mass is 356 g/mol. The number of ketones is 1. The van der Waals surface area contributed by atoms with Gasteiger partial charge in [0.25, 0.3) is 0 Å². The van der Waals surface area contributed by atoms with Crippen LogP contribution in [0.15, 0.2) is 18.2 Å². The summed E-state index contributed by atoms with van der Waals surface area (Å²) in [6.07, 6.45) is 0.954. The van der Waals surface area contributed by atoms with Crippen molar-refractivity contribution in [2.75, 3.05) is 20.6 Å². The van der Waals surface area contributed by atoms with Crippen molar-refractivity contribution in [1.82, 2.24) is 9.88 Å². The van der Waals surface area contributed by atoms with Crippen LogP contribution in [0.25, 0.3) is 10.9 Å². The summed E-state index contributed by atoms with van der Waals surface area (Å²) in [6.45, 7) is 2.61. The Bertz CT molecular complexity index is 587. The Balaban J connectivity index is 2.56. The maximum Gasteiger partial charge on any atom is 0.160 e. The molecule has 0 aliphatic carbocycles. The fourth-order valence-electron chi connectivity index (χ4n) is 2.15. The highest BCUT2D eigenvalue weighted by Gasteiger charge is 2.15. The summed E-state index contributed by atoms with van der Waals surface area (Å²) in [5.74, 6) is 0.127. The van der Waals surface area contributed by atoms with Crippen molar-refractivity contribution < 1.29 is 4.79 Å². The predicted molar refractivity (Wildman–Crippen MR) is 83.3 cm³/mol. The highest BCUT2D eigenvalue weighted by molar-refractivity contribution is 14.1. The summed E-state index contributed by atoms with van der Waals surface area (Å²) in [6, 6.07) is 5.87. The van der Waals surface area contributed by atoms with Crippen molar-refractivity contribution in [2.45, 2.75) is 13.3 Å². The smallest absolute Gasteiger partial charge is 0.160 e. The zero-order valence-electron chi connectivity index (χ0n) is 10.9. The molecule has 0 unspecified atom stereocenters. The molecule has 1 heterocycles. The average molecular weight is 356 g/mol. The molecule has 1 N–H and O–H groups in total. The molecule has 0 spiro atoms. The van der Waals surface area contributed by atoms with Crippen LogP contribution in [0.1, 0.15) is 22.8 Å². The Labute approximate surface area is 121 Å². The number of carbonyl (C=O) groups is 1. The summed E-state index contributed by atoms with van der Waals surface area (Å²) in [5.41, 5.74) is 3.13. The Morgan fingerprint density at radius 1 is 1.39 bits per heavy atom. The highest BCUT2D eigenvalue weighted by Crippen LogP contribution is 2.28. The standard InChI is InChI=1S/C14H17IN2O/c1-9(18)10-5-4-6-12-13(10)11(14(15)16-12)7-8-17(2)3/h4-6,16H,7-8H2,1-3H3. The molecular weight excluding hydrogens is 339 g/mol. The van der Waals surface area contributed by atoms with Gasteiger partial charge in [0.15, 0.2) is 5.78 Å². The molecule has 0 fully saturated rings. The first kappa shape index (κ1) is 13.5. The molecular formula is C14H17IN2O. The number of nitrogens with zero attached hydrogens (tertiary/aromatic N) is 1. The molecule has 96 valence electrons. The Morgan fingerprint density at radius 2 is 2.11 bits per heavy atom. The number of fused-ring (bicyclic) bond motifs is 1. The predicted octanol–water partition coefficient (Wildman–Crippen LogP) is 3.08. The lowest BCUT2D eigenvalue weighted by atomic mass is 10.0. The van der Waals surface area contributed by atoms with E-state index in [0.29, 0.717) is 0 Å². The van der Waals surface area contributed by atoms with Crippen LogP contribution < -0.4 is 0 Å². The number of hydrogen-bond donors (Lipinski definition) is 1. The number of aromatic amines is 1. The summed E-state index contributed by atoms with van der Waals surface area (Å²) < 4.78 is 1.14. The number of rotatable bonds is 4. The van der Waals surface area contributed by atoms with Gasteiger partial charge in [0.1, 0.15) is 0 Å². The Morgan fingerprint density at radius 3 is 2.72 bits per heavy atom. The van der Waals surface area contributed by atoms with Gasteiger partial charge in [0, 0.05) is 23.0 Å². The minimum Gasteiger partial charge on any atom is -0.350 e. The van der Waals surface area contributed by atoms with Gasteiger partial charge in [0.05, 0.1) is 3.70 Å². The number of benzene rings is 1. The van der Waals surface area contributed by atoms with E-state index in [-0.39, 0.29) is 5.78 Å². The SMILES string of the molecule is CC(=O)c1cccc2[nH]c(I)c(CCN(C)C)c12. The second-order valence-electron chi connectivity index (χ2n) is 4.76. The molecule has 0 saturated carbocycles. The molecule has 18 heavy (non-hydrogen) atoms. The topological polar surface area (TPSA) is 36.1 Å². The van der Waals surface area contributed by atoms with Crippen LogP contribution in [-0.2, 0) is 6.42 Å². The van der Waals surface area contributed by atoms with E-state index >= 15 is 0 Å². The van der Waals surface area contributed by atoms with E-state index in [0.717, 1.165) is 33.1 Å². The third-order valence-corrected chi connectivity index (χ3v) is 3.98. The van der Waals surface area contributed by atoms with E-state index in [1.165, 1.54) is 5.56 Å². The van der Waals surface area contributed by atoms with E-state index in [1.54, 1.807) is 6.92 Å². The van der Waals surface area contributed by atoms with Crippen LogP contribution in [0.2, 0.25) is 0 Å². The molecule has 0 radical (unpaired) electrons. The molecule has 1 aromatic heterocycles. The fraction of sp³-hybridized carbons (Fsp3) is 0.357. The van der Waals surface area contributed by atoms with Crippen molar-refractivity contribution in [3.8, 4) is 0 Å². The lowest BCUT2D eigenvalue weighted by molar-refractivity contribution is 0.101. The molecule has 0 aliphatic heterocycles. The Kier molecular flexibility index (Phi) is 4.07. The van der Waals surface area contributed by atoms with Gasteiger partial charge in [-0.15, -0.1) is 0 Å². The molecule has 0 atom stereocenters. The van der Waals surface area contributed by atoms with E-state index < -0.39 is 0 Å². The van der Waals surface area contributed by atoms with Crippen molar-refractivity contribution in [1.29, 1.82) is 0 Å². The number of halogens is 1. The molecule has 2 aromatic rings. The van der Waals surface area contributed by atoms with E-state index in [1.807, 2.05) is 18.2 Å². The number of likely N-dealkylation sites (N-methyl/N-ethyl adjacent to an activating group) is 1. The van der Waals surface area contributed by atoms with Crippen LogP contribution in [-0.4, -0.2) is 36.3 Å². The summed E-state index contributed by atoms with van der Waals surface area (Å²) in [4.78, 5) is 17.3. The van der Waals surface area contributed by atoms with Gasteiger partial charge in [-0.3, -0.25) is 4.79 Å². The molecule has 0 amide bonds. The number of H-pyrrole nitrogens is 1. The molecule has 4 heteroatoms. The maximum atomic E-state index is 11.7. The second kappa shape index (κ2) is 5.40. The number of aromatic nitrogens is 1. The lowest BCUT2D eigenvalue weighted by Gasteiger charge is -2.09. The van der Waals surface area contributed by atoms with Gasteiger partial charge >= 0.3 is 0 Å². The summed E-state index contributed by atoms with van der Waals surface area (Å²) in [7, 11) is 4.13. The van der Waals surface area contributed by atoms with Gasteiger partial charge < -0.3 is 9.88 Å². The molecule has 0 saturated heterocycles. The minimum atomic E-state index is 0.127. The number of nitrogens with one attached hydrogen (secondary N) is 1. The quantitative estimate of drug-likeness (QED) is 0.675. The first-order chi connectivity index (χ1) is 8.50. The normalized spacial score (nSPS) is 11.4. The molecule has 2 rings (SSSR count). The van der Waals surface area contributed by atoms with Gasteiger partial charge in [-0.05, 0) is 61.7 Å². The van der Waals surface area contributed by atoms with E-state index in [4.69, 9.17) is 0 Å². The van der Waals surface area contributed by atoms with Crippen LogP contribution in [0.3, 0.4) is 0 Å². The van der Waals surface area contributed by atoms with Crippen molar-refractivity contribution in [3.63, 3.8) is 0 Å². The maximum absolute atomic E-state index is 11.7. The van der Waals surface area contributed by atoms with Crippen LogP contribution >= 0.6 is 22.6 Å². The summed E-state index contributed by atoms with van der Waals surface area (Å²) in [5, 5.41) is 1.09. The molecule has 0 bridgehead atoms. The van der Waals surface area contributed by atoms with Crippen LogP contribution in [0, 0.1) is 3.70 Å². The second-order valence-corrected chi connectivity index (χ2v) is 5.83. The summed E-state index contributed by atoms with van der Waals surface area (Å²) >= 11 is 2.31. The largest absolute Gasteiger partial charge is 0.350 e. The van der Waals surface area contributed by atoms with E-state index in [2.05, 4.69) is 46.6 Å². The zero-order valence-corrected chi connectivity index (χ0v) is 13.0. The first-order valence-electron chi connectivity index (χ1n) is 5.95. The average Bonchev–Trinajstić information content (AvgIpc) is 2.61.